The number of benzene rings is 2. The summed E-state index contributed by atoms with van der Waals surface area (Å²) in [6.45, 7) is 3.31. The molecule has 0 fully saturated rings. The number of hydrogen-bond acceptors (Lipinski definition) is 2. The Morgan fingerprint density at radius 2 is 1.74 bits per heavy atom. The second-order valence-electron chi connectivity index (χ2n) is 5.83. The molecule has 0 bridgehead atoms. The van der Waals surface area contributed by atoms with Crippen LogP contribution >= 0.6 is 11.6 Å². The third-order valence-corrected chi connectivity index (χ3v) is 3.81. The zero-order valence-electron chi connectivity index (χ0n) is 13.7. The predicted octanol–water partition coefficient (Wildman–Crippen LogP) is 4.03. The van der Waals surface area contributed by atoms with Gasteiger partial charge in [0.1, 0.15) is 0 Å². The number of rotatable bonds is 5. The number of halogens is 1. The summed E-state index contributed by atoms with van der Waals surface area (Å²) < 4.78 is 0. The summed E-state index contributed by atoms with van der Waals surface area (Å²) in [4.78, 5) is 14.0. The van der Waals surface area contributed by atoms with Gasteiger partial charge in [-0.25, -0.2) is 4.79 Å². The second kappa shape index (κ2) is 7.99. The van der Waals surface area contributed by atoms with Crippen LogP contribution in [0.2, 0.25) is 5.02 Å². The normalized spacial score (nSPS) is 10.7. The van der Waals surface area contributed by atoms with E-state index in [-0.39, 0.29) is 6.03 Å². The number of urea groups is 1. The number of carbonyl (C=O) groups is 1. The molecule has 0 aliphatic rings. The van der Waals surface area contributed by atoms with E-state index in [1.165, 1.54) is 5.56 Å². The molecule has 23 heavy (non-hydrogen) atoms. The topological polar surface area (TPSA) is 44.4 Å². The van der Waals surface area contributed by atoms with Crippen molar-refractivity contribution < 1.29 is 4.79 Å². The molecule has 0 aromatic heterocycles. The number of carbonyl (C=O) groups excluding carboxylic acids is 1. The zero-order chi connectivity index (χ0) is 16.8. The van der Waals surface area contributed by atoms with Crippen molar-refractivity contribution in [3.63, 3.8) is 0 Å². The molecule has 2 amide bonds. The summed E-state index contributed by atoms with van der Waals surface area (Å²) >= 11 is 6.05. The minimum absolute atomic E-state index is 0.248. The van der Waals surface area contributed by atoms with Gasteiger partial charge >= 0.3 is 6.03 Å². The van der Waals surface area contributed by atoms with E-state index in [1.807, 2.05) is 45.3 Å². The molecule has 2 aromatic rings. The third-order valence-electron chi connectivity index (χ3n) is 3.40. The molecule has 0 aliphatic carbocycles. The first-order valence-corrected chi connectivity index (χ1v) is 7.85. The molecule has 0 atom stereocenters. The van der Waals surface area contributed by atoms with Crippen molar-refractivity contribution in [2.75, 3.05) is 19.4 Å². The van der Waals surface area contributed by atoms with Crippen LogP contribution in [0.25, 0.3) is 0 Å². The Bertz CT molecular complexity index is 668. The average molecular weight is 332 g/mol. The van der Waals surface area contributed by atoms with Gasteiger partial charge in [-0.05, 0) is 49.8 Å². The van der Waals surface area contributed by atoms with E-state index >= 15 is 0 Å². The van der Waals surface area contributed by atoms with Crippen LogP contribution in [-0.4, -0.2) is 25.0 Å². The largest absolute Gasteiger partial charge is 0.334 e. The fourth-order valence-corrected chi connectivity index (χ4v) is 2.34. The summed E-state index contributed by atoms with van der Waals surface area (Å²) in [5.41, 5.74) is 3.97. The predicted molar refractivity (Wildman–Crippen MR) is 95.9 cm³/mol. The van der Waals surface area contributed by atoms with E-state index in [1.54, 1.807) is 6.07 Å². The van der Waals surface area contributed by atoms with E-state index in [0.29, 0.717) is 17.3 Å². The van der Waals surface area contributed by atoms with Crippen LogP contribution in [0.1, 0.15) is 16.7 Å². The quantitative estimate of drug-likeness (QED) is 0.868. The van der Waals surface area contributed by atoms with E-state index in [2.05, 4.69) is 27.7 Å². The summed E-state index contributed by atoms with van der Waals surface area (Å²) in [5.74, 6) is 0. The van der Waals surface area contributed by atoms with Crippen molar-refractivity contribution in [2.45, 2.75) is 20.0 Å². The lowest BCUT2D eigenvalue weighted by molar-refractivity contribution is 0.251. The van der Waals surface area contributed by atoms with Crippen molar-refractivity contribution in [3.8, 4) is 0 Å². The molecular formula is C18H22ClN3O. The molecule has 2 N–H and O–H groups in total. The first kappa shape index (κ1) is 17.3. The lowest BCUT2D eigenvalue weighted by atomic mass is 10.1. The van der Waals surface area contributed by atoms with Gasteiger partial charge in [0.15, 0.2) is 0 Å². The Hall–Kier alpha value is -2.04. The first-order chi connectivity index (χ1) is 10.9. The third kappa shape index (κ3) is 5.58. The molecule has 0 aliphatic heterocycles. The van der Waals surface area contributed by atoms with E-state index < -0.39 is 0 Å². The van der Waals surface area contributed by atoms with Gasteiger partial charge in [-0.1, -0.05) is 41.9 Å². The minimum Gasteiger partial charge on any atom is -0.334 e. The van der Waals surface area contributed by atoms with Crippen LogP contribution in [0.3, 0.4) is 0 Å². The van der Waals surface area contributed by atoms with E-state index in [9.17, 15) is 4.79 Å². The molecule has 2 aromatic carbocycles. The number of amides is 2. The second-order valence-corrected chi connectivity index (χ2v) is 6.23. The summed E-state index contributed by atoms with van der Waals surface area (Å²) in [6.07, 6.45) is 0. The Morgan fingerprint density at radius 1 is 1.09 bits per heavy atom. The maximum absolute atomic E-state index is 11.9. The van der Waals surface area contributed by atoms with Gasteiger partial charge in [-0.3, -0.25) is 0 Å². The smallest absolute Gasteiger partial charge is 0.319 e. The molecule has 0 saturated carbocycles. The molecule has 0 radical (unpaired) electrons. The molecule has 0 unspecified atom stereocenters. The monoisotopic (exact) mass is 331 g/mol. The van der Waals surface area contributed by atoms with E-state index in [4.69, 9.17) is 11.6 Å². The van der Waals surface area contributed by atoms with Gasteiger partial charge in [0.05, 0.1) is 0 Å². The fraction of sp³-hybridized carbons (Fsp3) is 0.278. The lowest BCUT2D eigenvalue weighted by Crippen LogP contribution is -2.28. The maximum Gasteiger partial charge on any atom is 0.319 e. The van der Waals surface area contributed by atoms with Crippen LogP contribution in [0.15, 0.2) is 42.5 Å². The van der Waals surface area contributed by atoms with Crippen LogP contribution in [0.4, 0.5) is 10.5 Å². The number of aryl methyl sites for hydroxylation is 1. The molecular weight excluding hydrogens is 310 g/mol. The zero-order valence-corrected chi connectivity index (χ0v) is 14.4. The van der Waals surface area contributed by atoms with E-state index in [0.717, 1.165) is 17.7 Å². The number of hydrogen-bond donors (Lipinski definition) is 2. The minimum atomic E-state index is -0.248. The molecule has 0 saturated heterocycles. The Kier molecular flexibility index (Phi) is 6.02. The van der Waals surface area contributed by atoms with Crippen molar-refractivity contribution in [3.05, 3.63) is 64.2 Å². The van der Waals surface area contributed by atoms with Gasteiger partial charge in [0, 0.05) is 23.8 Å². The van der Waals surface area contributed by atoms with Crippen LogP contribution in [0.5, 0.6) is 0 Å². The summed E-state index contributed by atoms with van der Waals surface area (Å²) in [6, 6.07) is 13.4. The summed E-state index contributed by atoms with van der Waals surface area (Å²) in [7, 11) is 4.08. The van der Waals surface area contributed by atoms with Gasteiger partial charge in [0.2, 0.25) is 0 Å². The van der Waals surface area contributed by atoms with Gasteiger partial charge in [-0.2, -0.15) is 0 Å². The molecule has 4 nitrogen and oxygen atoms in total. The highest BCUT2D eigenvalue weighted by atomic mass is 35.5. The highest BCUT2D eigenvalue weighted by Crippen LogP contribution is 2.19. The Labute approximate surface area is 142 Å². The number of nitrogens with zero attached hydrogens (tertiary/aromatic N) is 1. The SMILES string of the molecule is Cc1ccc(NC(=O)NCc2ccc(CN(C)C)cc2)cc1Cl. The van der Waals surface area contributed by atoms with Crippen LogP contribution in [-0.2, 0) is 13.1 Å². The van der Waals surface area contributed by atoms with Gasteiger partial charge in [0.25, 0.3) is 0 Å². The first-order valence-electron chi connectivity index (χ1n) is 7.47. The number of nitrogens with one attached hydrogen (secondary N) is 2. The molecule has 0 spiro atoms. The van der Waals surface area contributed by atoms with Gasteiger partial charge < -0.3 is 15.5 Å². The van der Waals surface area contributed by atoms with Crippen molar-refractivity contribution in [1.29, 1.82) is 0 Å². The Balaban J connectivity index is 1.85. The van der Waals surface area contributed by atoms with Gasteiger partial charge in [-0.15, -0.1) is 0 Å². The lowest BCUT2D eigenvalue weighted by Gasteiger charge is -2.11. The number of anilines is 1. The molecule has 122 valence electrons. The highest BCUT2D eigenvalue weighted by molar-refractivity contribution is 6.31. The standard InChI is InChI=1S/C18H22ClN3O/c1-13-4-9-16(10-17(13)19)21-18(23)20-11-14-5-7-15(8-6-14)12-22(2)3/h4-10H,11-12H2,1-3H3,(H2,20,21,23). The van der Waals surface area contributed by atoms with Crippen molar-refractivity contribution in [1.82, 2.24) is 10.2 Å². The van der Waals surface area contributed by atoms with Crippen LogP contribution in [0, 0.1) is 6.92 Å². The Morgan fingerprint density at radius 3 is 2.35 bits per heavy atom. The van der Waals surface area contributed by atoms with Crippen molar-refractivity contribution >= 4 is 23.3 Å². The fourth-order valence-electron chi connectivity index (χ4n) is 2.16. The van der Waals surface area contributed by atoms with Crippen molar-refractivity contribution in [2.24, 2.45) is 0 Å². The van der Waals surface area contributed by atoms with Crippen LogP contribution < -0.4 is 10.6 Å². The highest BCUT2D eigenvalue weighted by Gasteiger charge is 2.04. The molecule has 5 heteroatoms. The summed E-state index contributed by atoms with van der Waals surface area (Å²) in [5, 5.41) is 6.25. The maximum atomic E-state index is 11.9. The average Bonchev–Trinajstić information content (AvgIpc) is 2.50. The molecule has 0 heterocycles. The molecule has 2 rings (SSSR count).